The lowest BCUT2D eigenvalue weighted by Crippen LogP contribution is -2.03. The van der Waals surface area contributed by atoms with E-state index in [0.717, 1.165) is 21.3 Å². The van der Waals surface area contributed by atoms with Crippen LogP contribution in [-0.2, 0) is 13.2 Å². The molecule has 0 saturated carbocycles. The fourth-order valence-electron chi connectivity index (χ4n) is 2.55. The summed E-state index contributed by atoms with van der Waals surface area (Å²) in [5, 5.41) is 4.75. The highest BCUT2D eigenvalue weighted by Gasteiger charge is 2.13. The molecular weight excluding hydrogens is 449 g/mol. The van der Waals surface area contributed by atoms with Crippen LogP contribution in [0.4, 0.5) is 5.69 Å². The topological polar surface area (TPSA) is 30.5 Å². The first-order chi connectivity index (χ1) is 13.1. The van der Waals surface area contributed by atoms with E-state index in [9.17, 15) is 0 Å². The van der Waals surface area contributed by atoms with Gasteiger partial charge in [0, 0.05) is 27.8 Å². The number of benzene rings is 3. The van der Waals surface area contributed by atoms with Crippen LogP contribution >= 0.6 is 39.1 Å². The van der Waals surface area contributed by atoms with Crippen LogP contribution in [0.2, 0.25) is 10.0 Å². The number of nitrogens with one attached hydrogen (secondary N) is 1. The number of ether oxygens (including phenoxy) is 2. The molecule has 0 aliphatic heterocycles. The van der Waals surface area contributed by atoms with Crippen molar-refractivity contribution in [3.63, 3.8) is 0 Å². The van der Waals surface area contributed by atoms with Crippen molar-refractivity contribution in [2.24, 2.45) is 0 Å². The Hall–Kier alpha value is -1.88. The van der Waals surface area contributed by atoms with Gasteiger partial charge in [-0.25, -0.2) is 0 Å². The summed E-state index contributed by atoms with van der Waals surface area (Å²) in [7, 11) is 1.63. The molecule has 0 radical (unpaired) electrons. The van der Waals surface area contributed by atoms with E-state index in [4.69, 9.17) is 32.7 Å². The first-order valence-corrected chi connectivity index (χ1v) is 9.84. The zero-order valence-corrected chi connectivity index (χ0v) is 17.7. The molecule has 0 aliphatic rings. The van der Waals surface area contributed by atoms with Crippen LogP contribution in [-0.4, -0.2) is 7.11 Å². The molecule has 6 heteroatoms. The van der Waals surface area contributed by atoms with Crippen molar-refractivity contribution in [1.82, 2.24) is 0 Å². The third-order valence-electron chi connectivity index (χ3n) is 3.96. The van der Waals surface area contributed by atoms with Crippen LogP contribution in [0.3, 0.4) is 0 Å². The molecule has 0 fully saturated rings. The first-order valence-electron chi connectivity index (χ1n) is 8.29. The lowest BCUT2D eigenvalue weighted by molar-refractivity contribution is 0.282. The van der Waals surface area contributed by atoms with Crippen molar-refractivity contribution in [2.45, 2.75) is 13.2 Å². The Bertz CT molecular complexity index is 917. The molecular formula is C21H18BrCl2NO2. The second-order valence-electron chi connectivity index (χ2n) is 5.85. The van der Waals surface area contributed by atoms with Crippen LogP contribution in [0.25, 0.3) is 0 Å². The Labute approximate surface area is 177 Å². The number of anilines is 1. The van der Waals surface area contributed by atoms with Crippen molar-refractivity contribution >= 4 is 44.8 Å². The summed E-state index contributed by atoms with van der Waals surface area (Å²) in [4.78, 5) is 0. The normalized spacial score (nSPS) is 10.5. The summed E-state index contributed by atoms with van der Waals surface area (Å²) in [6, 6.07) is 19.2. The van der Waals surface area contributed by atoms with Crippen LogP contribution in [0, 0.1) is 0 Å². The Morgan fingerprint density at radius 3 is 2.44 bits per heavy atom. The minimum atomic E-state index is 0.358. The molecule has 3 aromatic rings. The predicted octanol–water partition coefficient (Wildman–Crippen LogP) is 6.96. The van der Waals surface area contributed by atoms with E-state index in [1.807, 2.05) is 60.7 Å². The Morgan fingerprint density at radius 1 is 1.00 bits per heavy atom. The minimum absolute atomic E-state index is 0.358. The molecule has 27 heavy (non-hydrogen) atoms. The molecule has 0 spiro atoms. The zero-order chi connectivity index (χ0) is 19.2. The predicted molar refractivity (Wildman–Crippen MR) is 115 cm³/mol. The van der Waals surface area contributed by atoms with Crippen molar-refractivity contribution in [1.29, 1.82) is 0 Å². The van der Waals surface area contributed by atoms with E-state index in [0.29, 0.717) is 34.7 Å². The molecule has 140 valence electrons. The minimum Gasteiger partial charge on any atom is -0.493 e. The molecule has 0 atom stereocenters. The largest absolute Gasteiger partial charge is 0.493 e. The van der Waals surface area contributed by atoms with Gasteiger partial charge in [-0.2, -0.15) is 0 Å². The summed E-state index contributed by atoms with van der Waals surface area (Å²) in [5.41, 5.74) is 2.97. The summed E-state index contributed by atoms with van der Waals surface area (Å²) in [5.74, 6) is 1.30. The zero-order valence-electron chi connectivity index (χ0n) is 14.6. The Morgan fingerprint density at radius 2 is 1.74 bits per heavy atom. The van der Waals surface area contributed by atoms with E-state index in [-0.39, 0.29) is 0 Å². The second kappa shape index (κ2) is 9.36. The van der Waals surface area contributed by atoms with Gasteiger partial charge in [0.05, 0.1) is 11.6 Å². The van der Waals surface area contributed by atoms with Crippen LogP contribution in [0.15, 0.2) is 65.1 Å². The number of rotatable bonds is 7. The van der Waals surface area contributed by atoms with Crippen molar-refractivity contribution in [3.8, 4) is 11.5 Å². The van der Waals surface area contributed by atoms with Gasteiger partial charge < -0.3 is 14.8 Å². The van der Waals surface area contributed by atoms with E-state index < -0.39 is 0 Å². The highest BCUT2D eigenvalue weighted by atomic mass is 79.9. The fourth-order valence-corrected chi connectivity index (χ4v) is 3.47. The van der Waals surface area contributed by atoms with E-state index >= 15 is 0 Å². The molecule has 1 N–H and O–H groups in total. The quantitative estimate of drug-likeness (QED) is 0.408. The fraction of sp³-hybridized carbons (Fsp3) is 0.143. The highest BCUT2D eigenvalue weighted by Crippen LogP contribution is 2.37. The average molecular weight is 467 g/mol. The van der Waals surface area contributed by atoms with Crippen LogP contribution in [0.5, 0.6) is 11.5 Å². The van der Waals surface area contributed by atoms with E-state index in [1.54, 1.807) is 7.11 Å². The maximum Gasteiger partial charge on any atom is 0.175 e. The number of halogens is 3. The molecule has 0 heterocycles. The van der Waals surface area contributed by atoms with Crippen LogP contribution in [0.1, 0.15) is 11.1 Å². The van der Waals surface area contributed by atoms with Gasteiger partial charge in [-0.1, -0.05) is 41.4 Å². The lowest BCUT2D eigenvalue weighted by atomic mass is 10.2. The maximum absolute atomic E-state index is 6.20. The van der Waals surface area contributed by atoms with Gasteiger partial charge >= 0.3 is 0 Å². The Kier molecular flexibility index (Phi) is 6.89. The number of hydrogen-bond donors (Lipinski definition) is 1. The molecule has 0 saturated heterocycles. The molecule has 0 unspecified atom stereocenters. The molecule has 0 aliphatic carbocycles. The lowest BCUT2D eigenvalue weighted by Gasteiger charge is -2.15. The van der Waals surface area contributed by atoms with Gasteiger partial charge in [0.15, 0.2) is 11.5 Å². The van der Waals surface area contributed by atoms with Gasteiger partial charge in [-0.15, -0.1) is 0 Å². The second-order valence-corrected chi connectivity index (χ2v) is 7.55. The third-order valence-corrected chi connectivity index (χ3v) is 5.17. The van der Waals surface area contributed by atoms with Crippen molar-refractivity contribution in [2.75, 3.05) is 12.4 Å². The van der Waals surface area contributed by atoms with Crippen LogP contribution < -0.4 is 14.8 Å². The molecule has 3 aromatic carbocycles. The van der Waals surface area contributed by atoms with Crippen molar-refractivity contribution in [3.05, 3.63) is 86.3 Å². The highest BCUT2D eigenvalue weighted by molar-refractivity contribution is 9.10. The smallest absolute Gasteiger partial charge is 0.175 e. The molecule has 0 amide bonds. The van der Waals surface area contributed by atoms with Crippen molar-refractivity contribution < 1.29 is 9.47 Å². The summed E-state index contributed by atoms with van der Waals surface area (Å²) in [6.07, 6.45) is 0. The molecule has 3 nitrogen and oxygen atoms in total. The molecule has 0 aromatic heterocycles. The van der Waals surface area contributed by atoms with Gasteiger partial charge in [0.2, 0.25) is 0 Å². The summed E-state index contributed by atoms with van der Waals surface area (Å²) >= 11 is 15.7. The number of hydrogen-bond acceptors (Lipinski definition) is 3. The van der Waals surface area contributed by atoms with Gasteiger partial charge in [-0.3, -0.25) is 0 Å². The SMILES string of the molecule is COc1cc(CNc2ccc(Cl)cc2)cc(Br)c1OCc1ccccc1Cl. The third kappa shape index (κ3) is 5.32. The Balaban J connectivity index is 1.72. The van der Waals surface area contributed by atoms with Gasteiger partial charge in [0.25, 0.3) is 0 Å². The summed E-state index contributed by atoms with van der Waals surface area (Å²) < 4.78 is 12.3. The van der Waals surface area contributed by atoms with E-state index in [2.05, 4.69) is 21.2 Å². The van der Waals surface area contributed by atoms with E-state index in [1.165, 1.54) is 0 Å². The first kappa shape index (κ1) is 19.9. The summed E-state index contributed by atoms with van der Waals surface area (Å²) in [6.45, 7) is 0.998. The number of methoxy groups -OCH3 is 1. The monoisotopic (exact) mass is 465 g/mol. The van der Waals surface area contributed by atoms with Gasteiger partial charge in [-0.05, 0) is 64.0 Å². The molecule has 3 rings (SSSR count). The van der Waals surface area contributed by atoms with Gasteiger partial charge in [0.1, 0.15) is 6.61 Å². The average Bonchev–Trinajstić information content (AvgIpc) is 2.67. The maximum atomic E-state index is 6.20. The standard InChI is InChI=1S/C21H18BrCl2NO2/c1-26-20-11-14(12-25-17-8-6-16(23)7-9-17)10-18(22)21(20)27-13-15-4-2-3-5-19(15)24/h2-11,25H,12-13H2,1H3. The molecule has 0 bridgehead atoms.